The predicted octanol–water partition coefficient (Wildman–Crippen LogP) is 3.31. The van der Waals surface area contributed by atoms with E-state index in [0.29, 0.717) is 29.8 Å². The van der Waals surface area contributed by atoms with Gasteiger partial charge in [0.2, 0.25) is 0 Å². The molecule has 0 heterocycles. The van der Waals surface area contributed by atoms with E-state index in [4.69, 9.17) is 13.5 Å². The first-order valence-electron chi connectivity index (χ1n) is 10.0. The molecule has 0 aliphatic rings. The fourth-order valence-corrected chi connectivity index (χ4v) is 4.68. The molecule has 0 saturated heterocycles. The highest BCUT2D eigenvalue weighted by molar-refractivity contribution is 7.89. The van der Waals surface area contributed by atoms with Gasteiger partial charge in [-0.05, 0) is 42.0 Å². The van der Waals surface area contributed by atoms with Crippen LogP contribution in [-0.2, 0) is 35.1 Å². The van der Waals surface area contributed by atoms with Crippen molar-refractivity contribution in [3.8, 4) is 11.5 Å². The van der Waals surface area contributed by atoms with Gasteiger partial charge in [-0.1, -0.05) is 24.8 Å². The lowest BCUT2D eigenvalue weighted by atomic mass is 10.2. The zero-order chi connectivity index (χ0) is 30.8. The molecular weight excluding hydrogens is 626 g/mol. The second kappa shape index (κ2) is 11.3. The Bertz CT molecular complexity index is 1570. The summed E-state index contributed by atoms with van der Waals surface area (Å²) in [6.07, 6.45) is 1.50. The topological polar surface area (TPSA) is 167 Å². The van der Waals surface area contributed by atoms with Crippen molar-refractivity contribution in [3.05, 3.63) is 66.2 Å². The molecule has 0 bridgehead atoms. The Hall–Kier alpha value is -3.36. The predicted molar refractivity (Wildman–Crippen MR) is 124 cm³/mol. The SMILES string of the molecule is C=Cc1ccc(OS(=O)(=O)CCOC(=O)c2ccc(OS(=O)(=O)C(F)(F)C(F)(F)C(F)(F)S(=O)(=O)O)cc2)cc1. The quantitative estimate of drug-likeness (QED) is 0.147. The highest BCUT2D eigenvalue weighted by Gasteiger charge is 2.83. The van der Waals surface area contributed by atoms with Gasteiger partial charge in [0, 0.05) is 0 Å². The zero-order valence-electron chi connectivity index (χ0n) is 19.3. The summed E-state index contributed by atoms with van der Waals surface area (Å²) >= 11 is 0. The van der Waals surface area contributed by atoms with E-state index in [9.17, 15) is 56.4 Å². The van der Waals surface area contributed by atoms with E-state index < -0.39 is 76.4 Å². The van der Waals surface area contributed by atoms with Crippen molar-refractivity contribution in [2.75, 3.05) is 12.4 Å². The molecule has 11 nitrogen and oxygen atoms in total. The molecule has 2 rings (SSSR count). The van der Waals surface area contributed by atoms with Gasteiger partial charge in [0.25, 0.3) is 0 Å². The monoisotopic (exact) mass is 642 g/mol. The Labute approximate surface area is 223 Å². The van der Waals surface area contributed by atoms with Gasteiger partial charge in [-0.2, -0.15) is 51.6 Å². The van der Waals surface area contributed by atoms with E-state index in [-0.39, 0.29) is 5.75 Å². The molecule has 2 aromatic carbocycles. The van der Waals surface area contributed by atoms with Crippen molar-refractivity contribution in [1.29, 1.82) is 0 Å². The molecule has 2 aromatic rings. The van der Waals surface area contributed by atoms with Crippen LogP contribution in [-0.4, -0.2) is 64.6 Å². The van der Waals surface area contributed by atoms with Crippen molar-refractivity contribution in [2.24, 2.45) is 0 Å². The number of esters is 1. The molecule has 0 atom stereocenters. The van der Waals surface area contributed by atoms with Gasteiger partial charge in [-0.25, -0.2) is 4.79 Å². The molecule has 0 aromatic heterocycles. The lowest BCUT2D eigenvalue weighted by Crippen LogP contribution is -2.61. The molecule has 0 fully saturated rings. The number of alkyl halides is 6. The summed E-state index contributed by atoms with van der Waals surface area (Å²) in [4.78, 5) is 12.0. The Morgan fingerprint density at radius 2 is 1.27 bits per heavy atom. The third-order valence-electron chi connectivity index (χ3n) is 4.57. The van der Waals surface area contributed by atoms with Gasteiger partial charge in [-0.15, -0.1) is 0 Å². The van der Waals surface area contributed by atoms with Crippen molar-refractivity contribution >= 4 is 42.4 Å². The zero-order valence-corrected chi connectivity index (χ0v) is 21.8. The first-order chi connectivity index (χ1) is 18.1. The van der Waals surface area contributed by atoms with E-state index >= 15 is 0 Å². The van der Waals surface area contributed by atoms with Crippen molar-refractivity contribution in [3.63, 3.8) is 0 Å². The minimum atomic E-state index is -7.21. The molecule has 0 saturated carbocycles. The van der Waals surface area contributed by atoms with Crippen LogP contribution >= 0.6 is 0 Å². The fourth-order valence-electron chi connectivity index (χ4n) is 2.48. The average Bonchev–Trinajstić information content (AvgIpc) is 2.83. The maximum absolute atomic E-state index is 13.8. The average molecular weight is 643 g/mol. The summed E-state index contributed by atoms with van der Waals surface area (Å²) in [5.41, 5.74) is 0.219. The number of rotatable bonds is 13. The van der Waals surface area contributed by atoms with E-state index in [0.717, 1.165) is 0 Å². The maximum Gasteiger partial charge on any atom is 0.450 e. The Morgan fingerprint density at radius 1 is 0.800 bits per heavy atom. The van der Waals surface area contributed by atoms with Gasteiger partial charge >= 0.3 is 52.8 Å². The van der Waals surface area contributed by atoms with Crippen molar-refractivity contribution in [2.45, 2.75) is 16.4 Å². The number of carbonyl (C=O) groups excluding carboxylic acids is 1. The molecule has 222 valence electrons. The standard InChI is InChI=1S/C20H16F6O11S3/c1-2-13-3-7-15(8-4-13)36-38(28,29)12-11-35-17(27)14-5-9-16(10-6-14)37-40(33,34)20(25,26)18(21,22)19(23,24)39(30,31)32/h2-10H,1,11-12H2,(H,30,31,32). The summed E-state index contributed by atoms with van der Waals surface area (Å²) in [6.45, 7) is 2.77. The molecule has 0 aliphatic heterocycles. The minimum Gasteiger partial charge on any atom is -0.461 e. The molecule has 0 amide bonds. The van der Waals surface area contributed by atoms with E-state index in [1.807, 2.05) is 0 Å². The number of halogens is 6. The van der Waals surface area contributed by atoms with Gasteiger partial charge in [0.15, 0.2) is 0 Å². The number of benzene rings is 2. The summed E-state index contributed by atoms with van der Waals surface area (Å²) < 4.78 is 171. The number of hydrogen-bond donors (Lipinski definition) is 1. The van der Waals surface area contributed by atoms with Crippen LogP contribution in [0.4, 0.5) is 26.3 Å². The smallest absolute Gasteiger partial charge is 0.450 e. The Kier molecular flexibility index (Phi) is 9.24. The van der Waals surface area contributed by atoms with Gasteiger partial charge < -0.3 is 13.1 Å². The van der Waals surface area contributed by atoms with E-state index in [2.05, 4.69) is 10.8 Å². The molecule has 0 radical (unpaired) electrons. The van der Waals surface area contributed by atoms with Crippen LogP contribution in [0.2, 0.25) is 0 Å². The number of hydrogen-bond acceptors (Lipinski definition) is 10. The molecule has 0 spiro atoms. The van der Waals surface area contributed by atoms with E-state index in [1.165, 1.54) is 30.3 Å². The Balaban J connectivity index is 2.05. The van der Waals surface area contributed by atoms with Crippen LogP contribution in [0.15, 0.2) is 55.1 Å². The number of carbonyl (C=O) groups is 1. The van der Waals surface area contributed by atoms with Crippen LogP contribution in [0.5, 0.6) is 11.5 Å². The van der Waals surface area contributed by atoms with Gasteiger partial charge in [0.05, 0.1) is 5.56 Å². The molecule has 40 heavy (non-hydrogen) atoms. The number of ether oxygens (including phenoxy) is 1. The Morgan fingerprint density at radius 3 is 1.75 bits per heavy atom. The van der Waals surface area contributed by atoms with Crippen LogP contribution in [0.3, 0.4) is 0 Å². The second-order valence-electron chi connectivity index (χ2n) is 7.40. The van der Waals surface area contributed by atoms with Crippen LogP contribution in [0.25, 0.3) is 6.08 Å². The summed E-state index contributed by atoms with van der Waals surface area (Å²) in [5, 5.41) is -13.8. The van der Waals surface area contributed by atoms with E-state index in [1.54, 1.807) is 0 Å². The normalized spacial score (nSPS) is 13.4. The molecule has 0 unspecified atom stereocenters. The van der Waals surface area contributed by atoms with Crippen LogP contribution < -0.4 is 8.37 Å². The lowest BCUT2D eigenvalue weighted by molar-refractivity contribution is -0.247. The summed E-state index contributed by atoms with van der Waals surface area (Å²) in [6, 6.07) is 7.83. The highest BCUT2D eigenvalue weighted by atomic mass is 32.2. The molecule has 0 aliphatic carbocycles. The highest BCUT2D eigenvalue weighted by Crippen LogP contribution is 2.50. The second-order valence-corrected chi connectivity index (χ2v) is 12.1. The first kappa shape index (κ1) is 32.8. The van der Waals surface area contributed by atoms with Crippen molar-refractivity contribution in [1.82, 2.24) is 0 Å². The minimum absolute atomic E-state index is 0.0486. The van der Waals surface area contributed by atoms with Crippen LogP contribution in [0.1, 0.15) is 15.9 Å². The third-order valence-corrected chi connectivity index (χ3v) is 7.88. The first-order valence-corrected chi connectivity index (χ1v) is 14.5. The maximum atomic E-state index is 13.8. The molecule has 1 N–H and O–H groups in total. The molecule has 20 heteroatoms. The third kappa shape index (κ3) is 6.85. The van der Waals surface area contributed by atoms with Gasteiger partial charge in [-0.3, -0.25) is 4.55 Å². The summed E-state index contributed by atoms with van der Waals surface area (Å²) in [7, 11) is -18.5. The lowest BCUT2D eigenvalue weighted by Gasteiger charge is -2.29. The van der Waals surface area contributed by atoms with Crippen molar-refractivity contribution < 1.29 is 74.0 Å². The fraction of sp³-hybridized carbons (Fsp3) is 0.250. The van der Waals surface area contributed by atoms with Gasteiger partial charge in [0.1, 0.15) is 23.9 Å². The molecular formula is C20H16F6O11S3. The van der Waals surface area contributed by atoms with Crippen LogP contribution in [0, 0.1) is 0 Å². The largest absolute Gasteiger partial charge is 0.461 e. The summed E-state index contributed by atoms with van der Waals surface area (Å²) in [5.74, 6) is -10.5.